The molecular weight excluding hydrogens is 276 g/mol. The number of nitrogens with zero attached hydrogens (tertiary/aromatic N) is 1. The second-order valence-electron chi connectivity index (χ2n) is 7.35. The van der Waals surface area contributed by atoms with Crippen LogP contribution in [0.2, 0.25) is 0 Å². The van der Waals surface area contributed by atoms with E-state index < -0.39 is 0 Å². The summed E-state index contributed by atoms with van der Waals surface area (Å²) in [6.07, 6.45) is 5.51. The van der Waals surface area contributed by atoms with E-state index in [9.17, 15) is 4.79 Å². The molecule has 2 saturated carbocycles. The highest BCUT2D eigenvalue weighted by Gasteiger charge is 2.38. The van der Waals surface area contributed by atoms with Gasteiger partial charge in [0.1, 0.15) is 11.5 Å². The smallest absolute Gasteiger partial charge is 0.226 e. The van der Waals surface area contributed by atoms with Gasteiger partial charge in [-0.25, -0.2) is 0 Å². The van der Waals surface area contributed by atoms with Crippen LogP contribution in [-0.4, -0.2) is 29.9 Å². The van der Waals surface area contributed by atoms with E-state index in [4.69, 9.17) is 4.42 Å². The Morgan fingerprint density at radius 2 is 2.00 bits per heavy atom. The third kappa shape index (κ3) is 2.94. The van der Waals surface area contributed by atoms with Gasteiger partial charge in [0.25, 0.3) is 0 Å². The van der Waals surface area contributed by atoms with Crippen molar-refractivity contribution in [2.24, 2.45) is 11.8 Å². The average molecular weight is 302 g/mol. The van der Waals surface area contributed by atoms with Crippen molar-refractivity contribution in [3.63, 3.8) is 0 Å². The number of nitrogens with one attached hydrogen (secondary N) is 1. The molecule has 1 aliphatic heterocycles. The molecule has 120 valence electrons. The quantitative estimate of drug-likeness (QED) is 0.909. The monoisotopic (exact) mass is 302 g/mol. The van der Waals surface area contributed by atoms with Gasteiger partial charge in [-0.05, 0) is 63.2 Å². The van der Waals surface area contributed by atoms with Crippen molar-refractivity contribution in [1.29, 1.82) is 0 Å². The van der Waals surface area contributed by atoms with Crippen LogP contribution in [0.1, 0.15) is 56.5 Å². The van der Waals surface area contributed by atoms with Gasteiger partial charge in [-0.1, -0.05) is 6.92 Å². The third-order valence-electron chi connectivity index (χ3n) is 5.44. The van der Waals surface area contributed by atoms with Crippen molar-refractivity contribution in [1.82, 2.24) is 10.2 Å². The maximum Gasteiger partial charge on any atom is 0.226 e. The first kappa shape index (κ1) is 14.3. The zero-order chi connectivity index (χ0) is 15.1. The molecular formula is C18H26N2O2. The van der Waals surface area contributed by atoms with Gasteiger partial charge in [0, 0.05) is 17.9 Å². The molecule has 1 aromatic heterocycles. The highest BCUT2D eigenvalue weighted by molar-refractivity contribution is 5.79. The molecule has 3 fully saturated rings. The molecule has 1 N–H and O–H groups in total. The minimum atomic E-state index is 0.208. The molecule has 2 heterocycles. The van der Waals surface area contributed by atoms with Gasteiger partial charge >= 0.3 is 0 Å². The van der Waals surface area contributed by atoms with Gasteiger partial charge in [0.2, 0.25) is 5.91 Å². The average Bonchev–Trinajstić information content (AvgIpc) is 3.46. The van der Waals surface area contributed by atoms with Gasteiger partial charge in [0.15, 0.2) is 0 Å². The largest absolute Gasteiger partial charge is 0.464 e. The van der Waals surface area contributed by atoms with E-state index in [1.807, 2.05) is 0 Å². The van der Waals surface area contributed by atoms with Crippen molar-refractivity contribution in [3.05, 3.63) is 23.7 Å². The molecule has 0 spiro atoms. The third-order valence-corrected chi connectivity index (χ3v) is 5.44. The Bertz CT molecular complexity index is 543. The molecule has 1 aromatic rings. The first-order valence-electron chi connectivity index (χ1n) is 8.82. The van der Waals surface area contributed by atoms with Crippen LogP contribution in [0.4, 0.5) is 0 Å². The summed E-state index contributed by atoms with van der Waals surface area (Å²) in [4.78, 5) is 14.9. The van der Waals surface area contributed by atoms with Gasteiger partial charge in [-0.2, -0.15) is 0 Å². The molecule has 0 radical (unpaired) electrons. The summed E-state index contributed by atoms with van der Waals surface area (Å²) < 4.78 is 6.02. The molecule has 2 unspecified atom stereocenters. The zero-order valence-corrected chi connectivity index (χ0v) is 13.4. The molecule has 2 aliphatic carbocycles. The van der Waals surface area contributed by atoms with Crippen molar-refractivity contribution >= 4 is 5.91 Å². The normalized spacial score (nSPS) is 28.6. The fourth-order valence-electron chi connectivity index (χ4n) is 3.64. The summed E-state index contributed by atoms with van der Waals surface area (Å²) >= 11 is 0. The number of rotatable bonds is 5. The van der Waals surface area contributed by atoms with Gasteiger partial charge < -0.3 is 14.6 Å². The number of carbonyl (C=O) groups is 1. The molecule has 3 aliphatic rings. The number of hydrogen-bond donors (Lipinski definition) is 1. The molecule has 0 aromatic carbocycles. The Kier molecular flexibility index (Phi) is 3.73. The standard InChI is InChI=1S/C18H26N2O2/c1-12-10-16(12)17-5-4-15(22-17)11-20(14-2-3-14)18(21)13-6-8-19-9-7-13/h4-5,12-14,16,19H,2-3,6-11H2,1H3. The van der Waals surface area contributed by atoms with Crippen molar-refractivity contribution < 1.29 is 9.21 Å². The summed E-state index contributed by atoms with van der Waals surface area (Å²) in [6, 6.07) is 4.64. The highest BCUT2D eigenvalue weighted by atomic mass is 16.3. The summed E-state index contributed by atoms with van der Waals surface area (Å²) in [5.41, 5.74) is 0. The molecule has 4 rings (SSSR count). The van der Waals surface area contributed by atoms with Crippen molar-refractivity contribution in [2.45, 2.75) is 57.5 Å². The molecule has 22 heavy (non-hydrogen) atoms. The number of carbonyl (C=O) groups excluding carboxylic acids is 1. The highest BCUT2D eigenvalue weighted by Crippen LogP contribution is 2.47. The van der Waals surface area contributed by atoms with Crippen molar-refractivity contribution in [3.8, 4) is 0 Å². The van der Waals surface area contributed by atoms with Crippen LogP contribution < -0.4 is 5.32 Å². The molecule has 1 saturated heterocycles. The predicted molar refractivity (Wildman–Crippen MR) is 84.4 cm³/mol. The molecule has 2 atom stereocenters. The molecule has 4 nitrogen and oxygen atoms in total. The van der Waals surface area contributed by atoms with E-state index in [1.54, 1.807) is 0 Å². The maximum absolute atomic E-state index is 12.8. The van der Waals surface area contributed by atoms with Crippen LogP contribution in [0.15, 0.2) is 16.5 Å². The fraction of sp³-hybridized carbons (Fsp3) is 0.722. The van der Waals surface area contributed by atoms with Crippen LogP contribution in [0, 0.1) is 11.8 Å². The van der Waals surface area contributed by atoms with Crippen LogP contribution in [-0.2, 0) is 11.3 Å². The molecule has 0 bridgehead atoms. The lowest BCUT2D eigenvalue weighted by atomic mass is 9.96. The number of amides is 1. The Morgan fingerprint density at radius 3 is 2.64 bits per heavy atom. The zero-order valence-electron chi connectivity index (χ0n) is 13.4. The molecule has 1 amide bonds. The number of furan rings is 1. The lowest BCUT2D eigenvalue weighted by Gasteiger charge is -2.29. The topological polar surface area (TPSA) is 45.5 Å². The second-order valence-corrected chi connectivity index (χ2v) is 7.35. The second kappa shape index (κ2) is 5.73. The molecule has 4 heteroatoms. The van der Waals surface area contributed by atoms with E-state index in [1.165, 1.54) is 6.42 Å². The number of piperidine rings is 1. The summed E-state index contributed by atoms with van der Waals surface area (Å²) in [5, 5.41) is 3.34. The summed E-state index contributed by atoms with van der Waals surface area (Å²) in [5.74, 6) is 4.01. The maximum atomic E-state index is 12.8. The first-order valence-corrected chi connectivity index (χ1v) is 8.82. The van der Waals surface area contributed by atoms with Crippen LogP contribution in [0.3, 0.4) is 0 Å². The Balaban J connectivity index is 1.43. The predicted octanol–water partition coefficient (Wildman–Crippen LogP) is 2.89. The first-order chi connectivity index (χ1) is 10.7. The van der Waals surface area contributed by atoms with Crippen LogP contribution in [0.5, 0.6) is 0 Å². The SMILES string of the molecule is CC1CC1c1ccc(CN(C(=O)C2CCNCC2)C2CC2)o1. The van der Waals surface area contributed by atoms with E-state index >= 15 is 0 Å². The lowest BCUT2D eigenvalue weighted by molar-refractivity contribution is -0.137. The van der Waals surface area contributed by atoms with Gasteiger partial charge in [0.05, 0.1) is 6.54 Å². The summed E-state index contributed by atoms with van der Waals surface area (Å²) in [7, 11) is 0. The number of hydrogen-bond acceptors (Lipinski definition) is 3. The lowest BCUT2D eigenvalue weighted by Crippen LogP contribution is -2.41. The fourth-order valence-corrected chi connectivity index (χ4v) is 3.64. The Labute approximate surface area is 132 Å². The van der Waals surface area contributed by atoms with E-state index in [0.717, 1.165) is 56.2 Å². The Hall–Kier alpha value is -1.29. The minimum absolute atomic E-state index is 0.208. The summed E-state index contributed by atoms with van der Waals surface area (Å²) in [6.45, 7) is 4.87. The van der Waals surface area contributed by atoms with Crippen LogP contribution >= 0.6 is 0 Å². The van der Waals surface area contributed by atoms with Crippen molar-refractivity contribution in [2.75, 3.05) is 13.1 Å². The van der Waals surface area contributed by atoms with E-state index in [-0.39, 0.29) is 5.92 Å². The van der Waals surface area contributed by atoms with E-state index in [0.29, 0.717) is 24.4 Å². The van der Waals surface area contributed by atoms with Crippen LogP contribution in [0.25, 0.3) is 0 Å². The van der Waals surface area contributed by atoms with Gasteiger partial charge in [-0.15, -0.1) is 0 Å². The van der Waals surface area contributed by atoms with E-state index in [2.05, 4.69) is 29.3 Å². The Morgan fingerprint density at radius 1 is 1.27 bits per heavy atom. The van der Waals surface area contributed by atoms with Gasteiger partial charge in [-0.3, -0.25) is 4.79 Å². The minimum Gasteiger partial charge on any atom is -0.464 e.